The molecule has 1 heterocycles. The topological polar surface area (TPSA) is 83.6 Å². The van der Waals surface area contributed by atoms with E-state index < -0.39 is 19.9 Å². The van der Waals surface area contributed by atoms with Gasteiger partial charge < -0.3 is 5.32 Å². The molecule has 1 aliphatic rings. The summed E-state index contributed by atoms with van der Waals surface area (Å²) in [5.41, 5.74) is 0. The van der Waals surface area contributed by atoms with Gasteiger partial charge in [-0.25, -0.2) is 21.1 Å². The van der Waals surface area contributed by atoms with Crippen LogP contribution in [0.2, 0.25) is 0 Å². The van der Waals surface area contributed by atoms with E-state index in [9.17, 15) is 16.8 Å². The molecular formula is C8H18N2O4S2. The number of nitrogens with zero attached hydrogens (tertiary/aromatic N) is 1. The van der Waals surface area contributed by atoms with Crippen molar-refractivity contribution >= 4 is 19.9 Å². The molecule has 16 heavy (non-hydrogen) atoms. The number of hydrogen-bond acceptors (Lipinski definition) is 5. The molecule has 0 aromatic heterocycles. The van der Waals surface area contributed by atoms with Gasteiger partial charge in [0.1, 0.15) is 9.84 Å². The molecule has 1 aliphatic heterocycles. The smallest absolute Gasteiger partial charge is 0.214 e. The summed E-state index contributed by atoms with van der Waals surface area (Å²) in [4.78, 5) is 0. The van der Waals surface area contributed by atoms with Crippen LogP contribution in [-0.2, 0) is 19.9 Å². The summed E-state index contributed by atoms with van der Waals surface area (Å²) in [6, 6.07) is 0. The van der Waals surface area contributed by atoms with Crippen molar-refractivity contribution in [2.45, 2.75) is 6.42 Å². The van der Waals surface area contributed by atoms with Crippen LogP contribution >= 0.6 is 0 Å². The van der Waals surface area contributed by atoms with Gasteiger partial charge in [-0.15, -0.1) is 0 Å². The Kier molecular flexibility index (Phi) is 4.72. The third-order valence-electron chi connectivity index (χ3n) is 2.39. The summed E-state index contributed by atoms with van der Waals surface area (Å²) in [5.74, 6) is 0.316. The van der Waals surface area contributed by atoms with Gasteiger partial charge in [0.15, 0.2) is 0 Å². The van der Waals surface area contributed by atoms with Gasteiger partial charge in [-0.2, -0.15) is 0 Å². The van der Waals surface area contributed by atoms with Gasteiger partial charge in [-0.3, -0.25) is 0 Å². The van der Waals surface area contributed by atoms with Gasteiger partial charge in [-0.05, 0) is 6.42 Å². The van der Waals surface area contributed by atoms with E-state index in [0.29, 0.717) is 32.6 Å². The number of sulfone groups is 1. The second-order valence-corrected chi connectivity index (χ2v) is 8.30. The van der Waals surface area contributed by atoms with Gasteiger partial charge in [0, 0.05) is 32.4 Å². The number of hydrogen-bond donors (Lipinski definition) is 1. The van der Waals surface area contributed by atoms with Crippen LogP contribution in [0.25, 0.3) is 0 Å². The van der Waals surface area contributed by atoms with Crippen molar-refractivity contribution < 1.29 is 16.8 Å². The van der Waals surface area contributed by atoms with Crippen molar-refractivity contribution in [3.63, 3.8) is 0 Å². The highest BCUT2D eigenvalue weighted by molar-refractivity contribution is 7.90. The van der Waals surface area contributed by atoms with E-state index in [4.69, 9.17) is 0 Å². The minimum absolute atomic E-state index is 0.0831. The molecular weight excluding hydrogens is 252 g/mol. The van der Waals surface area contributed by atoms with Crippen LogP contribution in [0.15, 0.2) is 0 Å². The standard InChI is InChI=1S/C8H18N2O4S2/c1-15(11,12)8-4-9-3-6-10-5-2-7-16(10,13)14/h9H,2-8H2,1H3. The van der Waals surface area contributed by atoms with Gasteiger partial charge >= 0.3 is 0 Å². The molecule has 0 radical (unpaired) electrons. The van der Waals surface area contributed by atoms with Crippen LogP contribution in [0.3, 0.4) is 0 Å². The van der Waals surface area contributed by atoms with Gasteiger partial charge in [0.2, 0.25) is 10.0 Å². The first-order valence-electron chi connectivity index (χ1n) is 5.17. The van der Waals surface area contributed by atoms with Crippen LogP contribution in [0.1, 0.15) is 6.42 Å². The molecule has 8 heteroatoms. The zero-order chi connectivity index (χ0) is 12.2. The minimum atomic E-state index is -3.03. The fraction of sp³-hybridized carbons (Fsp3) is 1.00. The monoisotopic (exact) mass is 270 g/mol. The van der Waals surface area contributed by atoms with E-state index in [1.807, 2.05) is 0 Å². The number of rotatable bonds is 6. The molecule has 0 atom stereocenters. The van der Waals surface area contributed by atoms with E-state index in [1.165, 1.54) is 10.6 Å². The molecule has 0 aromatic rings. The van der Waals surface area contributed by atoms with Crippen molar-refractivity contribution in [1.82, 2.24) is 9.62 Å². The zero-order valence-electron chi connectivity index (χ0n) is 9.35. The fourth-order valence-corrected chi connectivity index (χ4v) is 3.57. The average molecular weight is 270 g/mol. The first-order chi connectivity index (χ1) is 7.31. The molecule has 96 valence electrons. The Morgan fingerprint density at radius 2 is 2.00 bits per heavy atom. The zero-order valence-corrected chi connectivity index (χ0v) is 11.0. The largest absolute Gasteiger partial charge is 0.314 e. The van der Waals surface area contributed by atoms with E-state index in [1.54, 1.807) is 0 Å². The molecule has 0 unspecified atom stereocenters. The third-order valence-corrected chi connectivity index (χ3v) is 5.29. The lowest BCUT2D eigenvalue weighted by molar-refractivity contribution is 0.436. The maximum Gasteiger partial charge on any atom is 0.214 e. The fourth-order valence-electron chi connectivity index (χ4n) is 1.53. The number of nitrogens with one attached hydrogen (secondary N) is 1. The normalized spacial score (nSPS) is 21.3. The molecule has 6 nitrogen and oxygen atoms in total. The van der Waals surface area contributed by atoms with Crippen molar-refractivity contribution in [3.8, 4) is 0 Å². The van der Waals surface area contributed by atoms with E-state index in [0.717, 1.165) is 0 Å². The molecule has 1 N–H and O–H groups in total. The quantitative estimate of drug-likeness (QED) is 0.604. The first kappa shape index (κ1) is 13.9. The molecule has 0 bridgehead atoms. The highest BCUT2D eigenvalue weighted by Gasteiger charge is 2.27. The van der Waals surface area contributed by atoms with E-state index in [-0.39, 0.29) is 11.5 Å². The van der Waals surface area contributed by atoms with Gasteiger partial charge in [0.05, 0.1) is 11.5 Å². The van der Waals surface area contributed by atoms with Crippen molar-refractivity contribution in [2.24, 2.45) is 0 Å². The van der Waals surface area contributed by atoms with Gasteiger partial charge in [0.25, 0.3) is 0 Å². The Hall–Kier alpha value is -0.180. The predicted molar refractivity (Wildman–Crippen MR) is 62.6 cm³/mol. The summed E-state index contributed by atoms with van der Waals surface area (Å²) in [7, 11) is -5.97. The minimum Gasteiger partial charge on any atom is -0.314 e. The molecule has 1 saturated heterocycles. The summed E-state index contributed by atoms with van der Waals surface area (Å²) < 4.78 is 45.8. The number of sulfonamides is 1. The summed E-state index contributed by atoms with van der Waals surface area (Å²) in [6.07, 6.45) is 1.87. The highest BCUT2D eigenvalue weighted by atomic mass is 32.2. The van der Waals surface area contributed by atoms with Crippen molar-refractivity contribution in [3.05, 3.63) is 0 Å². The Balaban J connectivity index is 2.17. The van der Waals surface area contributed by atoms with Crippen LogP contribution < -0.4 is 5.32 Å². The van der Waals surface area contributed by atoms with Crippen molar-refractivity contribution in [1.29, 1.82) is 0 Å². The van der Waals surface area contributed by atoms with E-state index in [2.05, 4.69) is 5.32 Å². The maximum atomic E-state index is 11.4. The molecule has 1 rings (SSSR count). The van der Waals surface area contributed by atoms with Crippen molar-refractivity contribution in [2.75, 3.05) is 43.9 Å². The second kappa shape index (κ2) is 5.44. The lowest BCUT2D eigenvalue weighted by Crippen LogP contribution is -2.34. The predicted octanol–water partition coefficient (Wildman–Crippen LogP) is -1.34. The molecule has 0 aromatic carbocycles. The average Bonchev–Trinajstić information content (AvgIpc) is 2.43. The van der Waals surface area contributed by atoms with Crippen LogP contribution in [0.4, 0.5) is 0 Å². The molecule has 0 spiro atoms. The molecule has 0 amide bonds. The highest BCUT2D eigenvalue weighted by Crippen LogP contribution is 2.11. The Morgan fingerprint density at radius 3 is 2.50 bits per heavy atom. The Morgan fingerprint density at radius 1 is 1.31 bits per heavy atom. The third kappa shape index (κ3) is 4.77. The second-order valence-electron chi connectivity index (χ2n) is 3.95. The SMILES string of the molecule is CS(=O)(=O)CCNCCN1CCCS1(=O)=O. The van der Waals surface area contributed by atoms with Crippen LogP contribution in [-0.4, -0.2) is 65.1 Å². The lowest BCUT2D eigenvalue weighted by atomic mass is 10.5. The first-order valence-corrected chi connectivity index (χ1v) is 8.84. The molecule has 1 fully saturated rings. The summed E-state index contributed by atoms with van der Waals surface area (Å²) in [6.45, 7) is 1.86. The lowest BCUT2D eigenvalue weighted by Gasteiger charge is -2.14. The van der Waals surface area contributed by atoms with Crippen LogP contribution in [0.5, 0.6) is 0 Å². The van der Waals surface area contributed by atoms with Gasteiger partial charge in [-0.1, -0.05) is 0 Å². The Bertz CT molecular complexity index is 415. The summed E-state index contributed by atoms with van der Waals surface area (Å²) in [5, 5.41) is 2.92. The summed E-state index contributed by atoms with van der Waals surface area (Å²) >= 11 is 0. The molecule has 0 aliphatic carbocycles. The maximum absolute atomic E-state index is 11.4. The van der Waals surface area contributed by atoms with Crippen LogP contribution in [0, 0.1) is 0 Å². The molecule has 0 saturated carbocycles. The Labute approximate surface area is 97.0 Å². The van der Waals surface area contributed by atoms with E-state index >= 15 is 0 Å².